The van der Waals surface area contributed by atoms with Gasteiger partial charge in [-0.3, -0.25) is 4.98 Å². The predicted molar refractivity (Wildman–Crippen MR) is 85.3 cm³/mol. The molecule has 0 fully saturated rings. The van der Waals surface area contributed by atoms with Gasteiger partial charge < -0.3 is 10.2 Å². The van der Waals surface area contributed by atoms with E-state index < -0.39 is 0 Å². The third-order valence-corrected chi connectivity index (χ3v) is 3.42. The fraction of sp³-hybridized carbons (Fsp3) is 0.312. The second-order valence-electron chi connectivity index (χ2n) is 4.97. The van der Waals surface area contributed by atoms with Crippen molar-refractivity contribution >= 4 is 17.3 Å². The third kappa shape index (κ3) is 3.71. The Morgan fingerprint density at radius 1 is 1.30 bits per heavy atom. The van der Waals surface area contributed by atoms with E-state index in [9.17, 15) is 0 Å². The molecule has 2 aromatic rings. The molecule has 3 nitrogen and oxygen atoms in total. The summed E-state index contributed by atoms with van der Waals surface area (Å²) >= 11 is 6.04. The summed E-state index contributed by atoms with van der Waals surface area (Å²) < 4.78 is 0. The molecule has 4 heteroatoms. The Kier molecular flexibility index (Phi) is 4.99. The zero-order chi connectivity index (χ0) is 14.5. The Morgan fingerprint density at radius 2 is 2.10 bits per heavy atom. The summed E-state index contributed by atoms with van der Waals surface area (Å²) in [5.74, 6) is 0. The molecule has 1 aromatic carbocycles. The van der Waals surface area contributed by atoms with Crippen molar-refractivity contribution in [3.8, 4) is 0 Å². The van der Waals surface area contributed by atoms with Gasteiger partial charge in [0.25, 0.3) is 0 Å². The molecule has 0 amide bonds. The Morgan fingerprint density at radius 3 is 2.80 bits per heavy atom. The van der Waals surface area contributed by atoms with Crippen molar-refractivity contribution in [2.24, 2.45) is 0 Å². The van der Waals surface area contributed by atoms with Crippen molar-refractivity contribution in [1.29, 1.82) is 0 Å². The van der Waals surface area contributed by atoms with E-state index in [4.69, 9.17) is 11.6 Å². The number of hydrogen-bond acceptors (Lipinski definition) is 3. The Bertz CT molecular complexity index is 584. The van der Waals surface area contributed by atoms with Crippen LogP contribution in [-0.2, 0) is 13.1 Å². The van der Waals surface area contributed by atoms with Gasteiger partial charge in [-0.15, -0.1) is 0 Å². The number of rotatable bonds is 5. The lowest BCUT2D eigenvalue weighted by Crippen LogP contribution is -2.20. The minimum atomic E-state index is 0.775. The van der Waals surface area contributed by atoms with Crippen LogP contribution >= 0.6 is 11.6 Å². The van der Waals surface area contributed by atoms with Crippen LogP contribution in [0, 0.1) is 6.92 Å². The average Bonchev–Trinajstić information content (AvgIpc) is 2.41. The number of hydrogen-bond donors (Lipinski definition) is 1. The first-order valence-corrected chi connectivity index (χ1v) is 7.03. The molecule has 106 valence electrons. The smallest absolute Gasteiger partial charge is 0.0445 e. The molecule has 0 saturated carbocycles. The van der Waals surface area contributed by atoms with E-state index in [0.717, 1.165) is 23.8 Å². The Balaban J connectivity index is 2.23. The molecule has 1 heterocycles. The molecular formula is C16H20ClN3. The van der Waals surface area contributed by atoms with E-state index in [-0.39, 0.29) is 0 Å². The van der Waals surface area contributed by atoms with Crippen LogP contribution in [0.2, 0.25) is 5.02 Å². The Hall–Kier alpha value is -1.58. The van der Waals surface area contributed by atoms with Gasteiger partial charge in [0.1, 0.15) is 0 Å². The molecule has 0 unspecified atom stereocenters. The van der Waals surface area contributed by atoms with Gasteiger partial charge in [-0.25, -0.2) is 0 Å². The molecule has 0 atom stereocenters. The summed E-state index contributed by atoms with van der Waals surface area (Å²) in [5, 5.41) is 3.96. The van der Waals surface area contributed by atoms with Gasteiger partial charge in [-0.05, 0) is 37.7 Å². The summed E-state index contributed by atoms with van der Waals surface area (Å²) in [7, 11) is 4.04. The topological polar surface area (TPSA) is 28.2 Å². The van der Waals surface area contributed by atoms with Crippen LogP contribution in [0.5, 0.6) is 0 Å². The van der Waals surface area contributed by atoms with Gasteiger partial charge in [0, 0.05) is 48.3 Å². The Labute approximate surface area is 125 Å². The zero-order valence-electron chi connectivity index (χ0n) is 12.2. The monoisotopic (exact) mass is 289 g/mol. The highest BCUT2D eigenvalue weighted by atomic mass is 35.5. The highest BCUT2D eigenvalue weighted by Crippen LogP contribution is 2.22. The van der Waals surface area contributed by atoms with Crippen molar-refractivity contribution in [3.63, 3.8) is 0 Å². The first kappa shape index (κ1) is 14.8. The normalized spacial score (nSPS) is 10.6. The molecule has 20 heavy (non-hydrogen) atoms. The molecular weight excluding hydrogens is 270 g/mol. The first-order valence-electron chi connectivity index (χ1n) is 6.66. The maximum absolute atomic E-state index is 6.04. The van der Waals surface area contributed by atoms with E-state index in [1.54, 1.807) is 0 Å². The van der Waals surface area contributed by atoms with Gasteiger partial charge in [-0.1, -0.05) is 23.7 Å². The molecule has 1 N–H and O–H groups in total. The van der Waals surface area contributed by atoms with Crippen LogP contribution in [0.1, 0.15) is 16.8 Å². The molecule has 0 bridgehead atoms. The lowest BCUT2D eigenvalue weighted by molar-refractivity contribution is 0.798. The van der Waals surface area contributed by atoms with E-state index in [0.29, 0.717) is 0 Å². The molecule has 0 aliphatic rings. The van der Waals surface area contributed by atoms with E-state index >= 15 is 0 Å². The maximum atomic E-state index is 6.04. The molecule has 2 rings (SSSR count). The third-order valence-electron chi connectivity index (χ3n) is 3.19. The number of benzene rings is 1. The lowest BCUT2D eigenvalue weighted by atomic mass is 10.1. The molecule has 0 radical (unpaired) electrons. The van der Waals surface area contributed by atoms with E-state index in [1.807, 2.05) is 38.4 Å². The van der Waals surface area contributed by atoms with E-state index in [1.165, 1.54) is 16.8 Å². The fourth-order valence-electron chi connectivity index (χ4n) is 2.25. The van der Waals surface area contributed by atoms with Gasteiger partial charge in [0.05, 0.1) is 0 Å². The van der Waals surface area contributed by atoms with Gasteiger partial charge in [-0.2, -0.15) is 0 Å². The summed E-state index contributed by atoms with van der Waals surface area (Å²) in [5.41, 5.74) is 4.62. The average molecular weight is 290 g/mol. The predicted octanol–water partition coefficient (Wildman–Crippen LogP) is 3.40. The highest BCUT2D eigenvalue weighted by molar-refractivity contribution is 6.30. The second kappa shape index (κ2) is 6.73. The van der Waals surface area contributed by atoms with Crippen LogP contribution in [0.25, 0.3) is 0 Å². The quantitative estimate of drug-likeness (QED) is 0.914. The highest BCUT2D eigenvalue weighted by Gasteiger charge is 2.09. The zero-order valence-corrected chi connectivity index (χ0v) is 12.9. The number of aromatic nitrogens is 1. The molecule has 1 aromatic heterocycles. The lowest BCUT2D eigenvalue weighted by Gasteiger charge is -2.23. The number of aryl methyl sites for hydroxylation is 1. The first-order chi connectivity index (χ1) is 9.60. The number of nitrogens with one attached hydrogen (secondary N) is 1. The summed E-state index contributed by atoms with van der Waals surface area (Å²) in [4.78, 5) is 6.60. The molecule has 0 aliphatic heterocycles. The molecule has 0 spiro atoms. The van der Waals surface area contributed by atoms with E-state index in [2.05, 4.69) is 34.4 Å². The number of nitrogens with zero attached hydrogens (tertiary/aromatic N) is 2. The van der Waals surface area contributed by atoms with Crippen molar-refractivity contribution < 1.29 is 0 Å². The van der Waals surface area contributed by atoms with Gasteiger partial charge >= 0.3 is 0 Å². The van der Waals surface area contributed by atoms with Crippen molar-refractivity contribution in [1.82, 2.24) is 10.3 Å². The largest absolute Gasteiger partial charge is 0.370 e. The second-order valence-corrected chi connectivity index (χ2v) is 5.41. The summed E-state index contributed by atoms with van der Waals surface area (Å²) in [6.45, 7) is 3.64. The van der Waals surface area contributed by atoms with Crippen molar-refractivity contribution in [2.45, 2.75) is 20.0 Å². The van der Waals surface area contributed by atoms with Crippen LogP contribution in [0.15, 0.2) is 36.5 Å². The molecule has 0 saturated heterocycles. The van der Waals surface area contributed by atoms with Crippen LogP contribution in [-0.4, -0.2) is 19.1 Å². The van der Waals surface area contributed by atoms with Crippen molar-refractivity contribution in [3.05, 3.63) is 58.4 Å². The maximum Gasteiger partial charge on any atom is 0.0445 e. The summed E-state index contributed by atoms with van der Waals surface area (Å²) in [6, 6.07) is 10.1. The minimum absolute atomic E-state index is 0.775. The number of anilines is 1. The van der Waals surface area contributed by atoms with Crippen LogP contribution in [0.3, 0.4) is 0 Å². The molecule has 0 aliphatic carbocycles. The standard InChI is InChI=1S/C16H20ClN3/c1-12-7-16(14(9-18-2)10-19-12)20(3)11-13-5-4-6-15(17)8-13/h4-8,10,18H,9,11H2,1-3H3. The van der Waals surface area contributed by atoms with Gasteiger partial charge in [0.2, 0.25) is 0 Å². The summed E-state index contributed by atoms with van der Waals surface area (Å²) in [6.07, 6.45) is 1.94. The minimum Gasteiger partial charge on any atom is -0.370 e. The number of pyridine rings is 1. The SMILES string of the molecule is CNCc1cnc(C)cc1N(C)Cc1cccc(Cl)c1. The number of halogens is 1. The van der Waals surface area contributed by atoms with Crippen LogP contribution < -0.4 is 10.2 Å². The van der Waals surface area contributed by atoms with Crippen molar-refractivity contribution in [2.75, 3.05) is 19.0 Å². The fourth-order valence-corrected chi connectivity index (χ4v) is 2.46. The van der Waals surface area contributed by atoms with Gasteiger partial charge in [0.15, 0.2) is 0 Å². The van der Waals surface area contributed by atoms with Crippen LogP contribution in [0.4, 0.5) is 5.69 Å².